The Morgan fingerprint density at radius 3 is 2.45 bits per heavy atom. The summed E-state index contributed by atoms with van der Waals surface area (Å²) >= 11 is 0. The molecule has 0 saturated heterocycles. The molecule has 0 saturated carbocycles. The molecule has 0 fully saturated rings. The molecule has 0 aliphatic heterocycles. The maximum atomic E-state index is 12.4. The van der Waals surface area contributed by atoms with Crippen LogP contribution < -0.4 is 5.32 Å². The average Bonchev–Trinajstić information content (AvgIpc) is 2.86. The monoisotopic (exact) mass is 300 g/mol. The van der Waals surface area contributed by atoms with E-state index in [9.17, 15) is 4.79 Å². The number of hydrogen-bond donors (Lipinski definition) is 1. The molecule has 0 aliphatic rings. The molecule has 0 aliphatic carbocycles. The molecule has 0 radical (unpaired) electrons. The Bertz CT molecular complexity index is 671. The molecule has 118 valence electrons. The second-order valence-corrected chi connectivity index (χ2v) is 5.70. The molecule has 1 N–H and O–H groups in total. The van der Waals surface area contributed by atoms with Gasteiger partial charge in [0.2, 0.25) is 0 Å². The van der Waals surface area contributed by atoms with Crippen LogP contribution in [0.5, 0.6) is 0 Å². The van der Waals surface area contributed by atoms with Crippen LogP contribution in [-0.2, 0) is 0 Å². The lowest BCUT2D eigenvalue weighted by Crippen LogP contribution is -2.34. The summed E-state index contributed by atoms with van der Waals surface area (Å²) in [6.45, 7) is 10.0. The Morgan fingerprint density at radius 1 is 1.18 bits per heavy atom. The first kappa shape index (κ1) is 16.2. The highest BCUT2D eigenvalue weighted by Crippen LogP contribution is 2.15. The Hall–Kier alpha value is -2.17. The number of nitrogens with zero attached hydrogens (tertiary/aromatic N) is 3. The normalized spacial score (nSPS) is 11.0. The predicted octanol–water partition coefficient (Wildman–Crippen LogP) is 3.11. The minimum Gasteiger partial charge on any atom is -0.348 e. The van der Waals surface area contributed by atoms with Crippen molar-refractivity contribution >= 4 is 5.91 Å². The fourth-order valence-electron chi connectivity index (χ4n) is 2.47. The van der Waals surface area contributed by atoms with Crippen molar-refractivity contribution in [3.05, 3.63) is 40.7 Å². The molecular weight excluding hydrogens is 276 g/mol. The van der Waals surface area contributed by atoms with Crippen molar-refractivity contribution in [1.29, 1.82) is 0 Å². The molecule has 1 aromatic heterocycles. The van der Waals surface area contributed by atoms with Crippen molar-refractivity contribution in [1.82, 2.24) is 20.3 Å². The van der Waals surface area contributed by atoms with Gasteiger partial charge >= 0.3 is 0 Å². The SMILES string of the molecule is CCC(CC)NC(=O)c1nn(-c2ccc(C)cc2C)nc1C. The topological polar surface area (TPSA) is 59.8 Å². The van der Waals surface area contributed by atoms with Crippen molar-refractivity contribution < 1.29 is 4.79 Å². The summed E-state index contributed by atoms with van der Waals surface area (Å²) in [6, 6.07) is 6.26. The molecule has 0 bridgehead atoms. The minimum absolute atomic E-state index is 0.151. The molecule has 0 unspecified atom stereocenters. The summed E-state index contributed by atoms with van der Waals surface area (Å²) in [5.41, 5.74) is 4.21. The number of nitrogens with one attached hydrogen (secondary N) is 1. The first-order valence-electron chi connectivity index (χ1n) is 7.78. The van der Waals surface area contributed by atoms with Gasteiger partial charge in [-0.2, -0.15) is 9.90 Å². The van der Waals surface area contributed by atoms with E-state index < -0.39 is 0 Å². The van der Waals surface area contributed by atoms with Gasteiger partial charge in [-0.3, -0.25) is 4.79 Å². The molecule has 2 aromatic rings. The van der Waals surface area contributed by atoms with Crippen LogP contribution in [0.1, 0.15) is 54.0 Å². The maximum Gasteiger partial charge on any atom is 0.273 e. The highest BCUT2D eigenvalue weighted by atomic mass is 16.2. The number of hydrogen-bond acceptors (Lipinski definition) is 3. The molecular formula is C17H24N4O. The van der Waals surface area contributed by atoms with E-state index in [0.29, 0.717) is 11.4 Å². The minimum atomic E-state index is -0.151. The third-order valence-corrected chi connectivity index (χ3v) is 3.89. The lowest BCUT2D eigenvalue weighted by Gasteiger charge is -2.13. The largest absolute Gasteiger partial charge is 0.348 e. The maximum absolute atomic E-state index is 12.4. The van der Waals surface area contributed by atoms with Crippen LogP contribution >= 0.6 is 0 Å². The molecule has 0 spiro atoms. The van der Waals surface area contributed by atoms with E-state index in [-0.39, 0.29) is 11.9 Å². The molecule has 1 amide bonds. The Morgan fingerprint density at radius 2 is 1.86 bits per heavy atom. The van der Waals surface area contributed by atoms with Gasteiger partial charge in [-0.25, -0.2) is 0 Å². The van der Waals surface area contributed by atoms with Gasteiger partial charge in [-0.1, -0.05) is 31.5 Å². The van der Waals surface area contributed by atoms with Crippen molar-refractivity contribution in [2.75, 3.05) is 0 Å². The van der Waals surface area contributed by atoms with Crippen LogP contribution in [-0.4, -0.2) is 26.9 Å². The van der Waals surface area contributed by atoms with Gasteiger partial charge in [0.15, 0.2) is 5.69 Å². The first-order valence-corrected chi connectivity index (χ1v) is 7.78. The summed E-state index contributed by atoms with van der Waals surface area (Å²) in [5.74, 6) is -0.151. The number of aryl methyl sites for hydroxylation is 3. The van der Waals surface area contributed by atoms with E-state index in [0.717, 1.165) is 24.1 Å². The number of carbonyl (C=O) groups is 1. The van der Waals surface area contributed by atoms with Crippen LogP contribution in [0, 0.1) is 20.8 Å². The zero-order valence-corrected chi connectivity index (χ0v) is 14.0. The molecule has 1 aromatic carbocycles. The standard InChI is InChI=1S/C17H24N4O/c1-6-14(7-2)18-17(22)16-13(5)19-21(20-16)15-9-8-11(3)10-12(15)4/h8-10,14H,6-7H2,1-5H3,(H,18,22). The lowest BCUT2D eigenvalue weighted by molar-refractivity contribution is 0.0928. The van der Waals surface area contributed by atoms with Gasteiger partial charge in [0, 0.05) is 6.04 Å². The average molecular weight is 300 g/mol. The number of carbonyl (C=O) groups excluding carboxylic acids is 1. The van der Waals surface area contributed by atoms with Gasteiger partial charge in [-0.05, 0) is 45.2 Å². The van der Waals surface area contributed by atoms with Crippen LogP contribution in [0.3, 0.4) is 0 Å². The number of amides is 1. The number of aromatic nitrogens is 3. The van der Waals surface area contributed by atoms with Gasteiger partial charge < -0.3 is 5.32 Å². The lowest BCUT2D eigenvalue weighted by atomic mass is 10.1. The molecule has 1 heterocycles. The fourth-order valence-corrected chi connectivity index (χ4v) is 2.47. The van der Waals surface area contributed by atoms with Gasteiger partial charge in [-0.15, -0.1) is 5.10 Å². The third-order valence-electron chi connectivity index (χ3n) is 3.89. The second-order valence-electron chi connectivity index (χ2n) is 5.70. The zero-order chi connectivity index (χ0) is 16.3. The molecule has 0 atom stereocenters. The summed E-state index contributed by atoms with van der Waals surface area (Å²) in [6.07, 6.45) is 1.82. The summed E-state index contributed by atoms with van der Waals surface area (Å²) in [4.78, 5) is 13.9. The second kappa shape index (κ2) is 6.73. The zero-order valence-electron chi connectivity index (χ0n) is 14.0. The quantitative estimate of drug-likeness (QED) is 0.923. The van der Waals surface area contributed by atoms with Gasteiger partial charge in [0.05, 0.1) is 11.4 Å². The van der Waals surface area contributed by atoms with Crippen LogP contribution in [0.25, 0.3) is 5.69 Å². The van der Waals surface area contributed by atoms with E-state index in [1.54, 1.807) is 4.80 Å². The number of benzene rings is 1. The van der Waals surface area contributed by atoms with Crippen LogP contribution in [0.4, 0.5) is 0 Å². The fraction of sp³-hybridized carbons (Fsp3) is 0.471. The highest BCUT2D eigenvalue weighted by molar-refractivity contribution is 5.93. The Balaban J connectivity index is 2.29. The van der Waals surface area contributed by atoms with E-state index in [4.69, 9.17) is 0 Å². The van der Waals surface area contributed by atoms with Crippen LogP contribution in [0.2, 0.25) is 0 Å². The van der Waals surface area contributed by atoms with E-state index in [1.165, 1.54) is 5.56 Å². The summed E-state index contributed by atoms with van der Waals surface area (Å²) in [5, 5.41) is 11.8. The molecule has 5 nitrogen and oxygen atoms in total. The van der Waals surface area contributed by atoms with Crippen molar-refractivity contribution in [3.63, 3.8) is 0 Å². The Kier molecular flexibility index (Phi) is 4.96. The third kappa shape index (κ3) is 3.35. The Labute approximate surface area is 131 Å². The summed E-state index contributed by atoms with van der Waals surface area (Å²) < 4.78 is 0. The van der Waals surface area contributed by atoms with E-state index >= 15 is 0 Å². The van der Waals surface area contributed by atoms with Crippen LogP contribution in [0.15, 0.2) is 18.2 Å². The smallest absolute Gasteiger partial charge is 0.273 e. The van der Waals surface area contributed by atoms with E-state index in [2.05, 4.69) is 35.4 Å². The highest BCUT2D eigenvalue weighted by Gasteiger charge is 2.19. The number of rotatable bonds is 5. The molecule has 2 rings (SSSR count). The van der Waals surface area contributed by atoms with Gasteiger partial charge in [0.1, 0.15) is 0 Å². The molecule has 5 heteroatoms. The molecule has 22 heavy (non-hydrogen) atoms. The van der Waals surface area contributed by atoms with E-state index in [1.807, 2.05) is 32.9 Å². The van der Waals surface area contributed by atoms with Crippen molar-refractivity contribution in [2.24, 2.45) is 0 Å². The van der Waals surface area contributed by atoms with Crippen molar-refractivity contribution in [2.45, 2.75) is 53.5 Å². The first-order chi connectivity index (χ1) is 10.5. The summed E-state index contributed by atoms with van der Waals surface area (Å²) in [7, 11) is 0. The predicted molar refractivity (Wildman–Crippen MR) is 87.4 cm³/mol. The van der Waals surface area contributed by atoms with Crippen molar-refractivity contribution in [3.8, 4) is 5.69 Å². The van der Waals surface area contributed by atoms with Gasteiger partial charge in [0.25, 0.3) is 5.91 Å².